The smallest absolute Gasteiger partial charge is 0.410 e. The molecular weight excluding hydrogens is 248 g/mol. The van der Waals surface area contributed by atoms with Gasteiger partial charge < -0.3 is 9.47 Å². The number of hydrogen-bond donors (Lipinski definition) is 0. The van der Waals surface area contributed by atoms with E-state index in [0.717, 1.165) is 0 Å². The van der Waals surface area contributed by atoms with Crippen molar-refractivity contribution >= 4 is 6.09 Å². The Morgan fingerprint density at radius 3 is 2.42 bits per heavy atom. The summed E-state index contributed by atoms with van der Waals surface area (Å²) < 4.78 is 10.9. The summed E-state index contributed by atoms with van der Waals surface area (Å²) in [4.78, 5) is 16.9. The Kier molecular flexibility index (Phi) is 3.87. The molecule has 2 atom stereocenters. The zero-order valence-electron chi connectivity index (χ0n) is 11.6. The molecule has 2 saturated heterocycles. The highest BCUT2D eigenvalue weighted by molar-refractivity contribution is 5.69. The highest BCUT2D eigenvalue weighted by Crippen LogP contribution is 2.30. The minimum Gasteiger partial charge on any atom is -0.444 e. The maximum Gasteiger partial charge on any atom is 0.410 e. The van der Waals surface area contributed by atoms with Crippen LogP contribution in [0.15, 0.2) is 5.11 Å². The fourth-order valence-electron chi connectivity index (χ4n) is 2.67. The lowest BCUT2D eigenvalue weighted by Crippen LogP contribution is -2.60. The number of amides is 1. The molecule has 0 radical (unpaired) electrons. The fraction of sp³-hybridized carbons (Fsp3) is 0.917. The molecule has 106 valence electrons. The summed E-state index contributed by atoms with van der Waals surface area (Å²) >= 11 is 0. The average Bonchev–Trinajstić information content (AvgIpc) is 2.25. The van der Waals surface area contributed by atoms with Gasteiger partial charge in [0.05, 0.1) is 25.3 Å². The molecule has 0 aliphatic carbocycles. The van der Waals surface area contributed by atoms with Crippen LogP contribution in [0.4, 0.5) is 4.79 Å². The molecule has 0 aromatic heterocycles. The molecule has 1 amide bonds. The van der Waals surface area contributed by atoms with Crippen molar-refractivity contribution in [3.63, 3.8) is 0 Å². The minimum absolute atomic E-state index is 0.0532. The normalized spacial score (nSPS) is 30.5. The molecule has 0 N–H and O–H groups in total. The molecule has 2 bridgehead atoms. The predicted molar refractivity (Wildman–Crippen MR) is 68.6 cm³/mol. The second-order valence-electron chi connectivity index (χ2n) is 6.06. The highest BCUT2D eigenvalue weighted by atomic mass is 16.6. The first-order chi connectivity index (χ1) is 8.90. The van der Waals surface area contributed by atoms with E-state index in [-0.39, 0.29) is 24.2 Å². The van der Waals surface area contributed by atoms with Crippen LogP contribution in [0.3, 0.4) is 0 Å². The molecule has 2 heterocycles. The standard InChI is InChI=1S/C12H20N4O3/c1-12(2,3)19-11(17)16-9-4-8(14-15-13)5-10(16)7-18-6-9/h8-10H,4-7H2,1-3H3. The molecule has 0 aromatic carbocycles. The third-order valence-electron chi connectivity index (χ3n) is 3.31. The zero-order valence-corrected chi connectivity index (χ0v) is 11.6. The maximum absolute atomic E-state index is 12.2. The van der Waals surface area contributed by atoms with Crippen LogP contribution in [0.1, 0.15) is 33.6 Å². The summed E-state index contributed by atoms with van der Waals surface area (Å²) in [5.74, 6) is 0. The third-order valence-corrected chi connectivity index (χ3v) is 3.31. The molecule has 2 fully saturated rings. The van der Waals surface area contributed by atoms with Gasteiger partial charge in [0.1, 0.15) is 5.60 Å². The number of piperidine rings is 1. The second-order valence-corrected chi connectivity index (χ2v) is 6.06. The van der Waals surface area contributed by atoms with E-state index in [4.69, 9.17) is 15.0 Å². The number of carbonyl (C=O) groups is 1. The van der Waals surface area contributed by atoms with Gasteiger partial charge in [0.25, 0.3) is 0 Å². The number of fused-ring (bicyclic) bond motifs is 2. The summed E-state index contributed by atoms with van der Waals surface area (Å²) in [6.07, 6.45) is 0.977. The Hall–Kier alpha value is -1.46. The van der Waals surface area contributed by atoms with Gasteiger partial charge in [-0.2, -0.15) is 0 Å². The lowest BCUT2D eigenvalue weighted by molar-refractivity contribution is -0.0816. The van der Waals surface area contributed by atoms with Crippen molar-refractivity contribution in [3.05, 3.63) is 10.4 Å². The van der Waals surface area contributed by atoms with Crippen molar-refractivity contribution in [1.29, 1.82) is 0 Å². The molecule has 0 saturated carbocycles. The lowest BCUT2D eigenvalue weighted by atomic mass is 9.91. The molecule has 7 heteroatoms. The SMILES string of the molecule is CC(C)(C)OC(=O)N1C2COCC1CC(N=[N+]=[N-])C2. The van der Waals surface area contributed by atoms with E-state index in [9.17, 15) is 4.79 Å². The summed E-state index contributed by atoms with van der Waals surface area (Å²) in [6, 6.07) is -0.168. The van der Waals surface area contributed by atoms with Crippen LogP contribution in [0.5, 0.6) is 0 Å². The van der Waals surface area contributed by atoms with E-state index in [1.165, 1.54) is 0 Å². The minimum atomic E-state index is -0.506. The molecular formula is C12H20N4O3. The molecule has 0 spiro atoms. The van der Waals surface area contributed by atoms with E-state index in [1.807, 2.05) is 20.8 Å². The van der Waals surface area contributed by atoms with Gasteiger partial charge in [0.2, 0.25) is 0 Å². The molecule has 7 nitrogen and oxygen atoms in total. The van der Waals surface area contributed by atoms with Gasteiger partial charge >= 0.3 is 6.09 Å². The summed E-state index contributed by atoms with van der Waals surface area (Å²) in [5, 5.41) is 3.78. The first kappa shape index (κ1) is 14.0. The largest absolute Gasteiger partial charge is 0.444 e. The predicted octanol–water partition coefficient (Wildman–Crippen LogP) is 2.46. The average molecular weight is 268 g/mol. The van der Waals surface area contributed by atoms with Gasteiger partial charge in [0, 0.05) is 11.0 Å². The Labute approximate surface area is 112 Å². The molecule has 0 aromatic rings. The van der Waals surface area contributed by atoms with Crippen molar-refractivity contribution < 1.29 is 14.3 Å². The topological polar surface area (TPSA) is 87.5 Å². The van der Waals surface area contributed by atoms with Gasteiger partial charge in [-0.3, -0.25) is 4.90 Å². The Bertz CT molecular complexity index is 386. The van der Waals surface area contributed by atoms with Crippen molar-refractivity contribution in [2.24, 2.45) is 5.11 Å². The quantitative estimate of drug-likeness (QED) is 0.415. The van der Waals surface area contributed by atoms with E-state index in [0.29, 0.717) is 26.1 Å². The number of morpholine rings is 1. The van der Waals surface area contributed by atoms with E-state index in [1.54, 1.807) is 4.90 Å². The van der Waals surface area contributed by atoms with Crippen LogP contribution in [0.2, 0.25) is 0 Å². The van der Waals surface area contributed by atoms with Crippen molar-refractivity contribution in [3.8, 4) is 0 Å². The van der Waals surface area contributed by atoms with Gasteiger partial charge in [-0.25, -0.2) is 4.79 Å². The third kappa shape index (κ3) is 3.30. The number of azide groups is 1. The summed E-state index contributed by atoms with van der Waals surface area (Å²) in [5.41, 5.74) is 8.03. The van der Waals surface area contributed by atoms with Crippen molar-refractivity contribution in [2.75, 3.05) is 13.2 Å². The second kappa shape index (κ2) is 5.27. The first-order valence-electron chi connectivity index (χ1n) is 6.54. The summed E-state index contributed by atoms with van der Waals surface area (Å²) in [7, 11) is 0. The fourth-order valence-corrected chi connectivity index (χ4v) is 2.67. The van der Waals surface area contributed by atoms with Gasteiger partial charge in [0.15, 0.2) is 0 Å². The van der Waals surface area contributed by atoms with E-state index < -0.39 is 5.60 Å². The number of carbonyl (C=O) groups excluding carboxylic acids is 1. The molecule has 19 heavy (non-hydrogen) atoms. The van der Waals surface area contributed by atoms with Crippen molar-refractivity contribution in [1.82, 2.24) is 4.90 Å². The molecule has 2 rings (SSSR count). The maximum atomic E-state index is 12.2. The van der Waals surface area contributed by atoms with Crippen LogP contribution in [0, 0.1) is 0 Å². The highest BCUT2D eigenvalue weighted by Gasteiger charge is 2.43. The summed E-state index contributed by atoms with van der Waals surface area (Å²) in [6.45, 7) is 6.51. The Morgan fingerprint density at radius 2 is 1.95 bits per heavy atom. The van der Waals surface area contributed by atoms with Crippen LogP contribution in [0.25, 0.3) is 10.4 Å². The van der Waals surface area contributed by atoms with Crippen LogP contribution in [-0.4, -0.2) is 47.9 Å². The molecule has 2 unspecified atom stereocenters. The van der Waals surface area contributed by atoms with Gasteiger partial charge in [-0.05, 0) is 39.1 Å². The number of hydrogen-bond acceptors (Lipinski definition) is 4. The van der Waals surface area contributed by atoms with E-state index in [2.05, 4.69) is 10.0 Å². The van der Waals surface area contributed by atoms with Crippen LogP contribution < -0.4 is 0 Å². The van der Waals surface area contributed by atoms with Gasteiger partial charge in [-0.15, -0.1) is 0 Å². The van der Waals surface area contributed by atoms with Crippen molar-refractivity contribution in [2.45, 2.75) is 57.3 Å². The number of ether oxygens (including phenoxy) is 2. The van der Waals surface area contributed by atoms with Crippen LogP contribution >= 0.6 is 0 Å². The number of rotatable bonds is 1. The monoisotopic (exact) mass is 268 g/mol. The molecule has 2 aliphatic rings. The lowest BCUT2D eigenvalue weighted by Gasteiger charge is -2.47. The first-order valence-corrected chi connectivity index (χ1v) is 6.54. The van der Waals surface area contributed by atoms with E-state index >= 15 is 0 Å². The Balaban J connectivity index is 2.09. The Morgan fingerprint density at radius 1 is 1.37 bits per heavy atom. The molecule has 2 aliphatic heterocycles. The van der Waals surface area contributed by atoms with Crippen LogP contribution in [-0.2, 0) is 9.47 Å². The van der Waals surface area contributed by atoms with Gasteiger partial charge in [-0.1, -0.05) is 5.11 Å². The number of nitrogens with zero attached hydrogens (tertiary/aromatic N) is 4. The zero-order chi connectivity index (χ0) is 14.0.